The van der Waals surface area contributed by atoms with Gasteiger partial charge in [0, 0.05) is 47.4 Å². The molecule has 0 bridgehead atoms. The second kappa shape index (κ2) is 8.28. The van der Waals surface area contributed by atoms with E-state index in [4.69, 9.17) is 0 Å². The Morgan fingerprint density at radius 2 is 2.04 bits per heavy atom. The van der Waals surface area contributed by atoms with E-state index in [0.717, 1.165) is 41.0 Å². The van der Waals surface area contributed by atoms with Crippen LogP contribution in [0.5, 0.6) is 0 Å². The van der Waals surface area contributed by atoms with Crippen molar-refractivity contribution in [2.75, 3.05) is 34.8 Å². The average Bonchev–Trinajstić information content (AvgIpc) is 3.22. The van der Waals surface area contributed by atoms with E-state index in [1.54, 1.807) is 30.6 Å². The van der Waals surface area contributed by atoms with E-state index in [9.17, 15) is 9.18 Å². The van der Waals surface area contributed by atoms with Gasteiger partial charge < -0.3 is 10.2 Å². The number of carbonyl (C=O) groups is 1. The van der Waals surface area contributed by atoms with Crippen molar-refractivity contribution < 1.29 is 9.18 Å². The van der Waals surface area contributed by atoms with Crippen LogP contribution >= 0.6 is 23.1 Å². The third kappa shape index (κ3) is 4.18. The molecule has 0 atom stereocenters. The quantitative estimate of drug-likeness (QED) is 0.683. The molecule has 1 aliphatic rings. The number of benzene rings is 1. The predicted octanol–water partition coefficient (Wildman–Crippen LogP) is 4.46. The van der Waals surface area contributed by atoms with Crippen molar-refractivity contribution in [2.45, 2.75) is 6.92 Å². The molecule has 2 aromatic heterocycles. The molecule has 144 valence electrons. The number of halogens is 1. The Kier molecular flexibility index (Phi) is 5.59. The molecular formula is C20H19FN4OS2. The number of hydrogen-bond donors (Lipinski definition) is 1. The number of thiazole rings is 1. The van der Waals surface area contributed by atoms with Gasteiger partial charge in [0.2, 0.25) is 0 Å². The number of nitrogens with zero attached hydrogens (tertiary/aromatic N) is 3. The minimum absolute atomic E-state index is 0.304. The van der Waals surface area contributed by atoms with E-state index < -0.39 is 0 Å². The number of aromatic nitrogens is 2. The molecule has 1 fully saturated rings. The van der Waals surface area contributed by atoms with E-state index in [0.29, 0.717) is 16.9 Å². The lowest BCUT2D eigenvalue weighted by atomic mass is 10.2. The number of pyridine rings is 1. The summed E-state index contributed by atoms with van der Waals surface area (Å²) in [4.78, 5) is 23.7. The lowest BCUT2D eigenvalue weighted by molar-refractivity contribution is 0.102. The molecule has 3 heterocycles. The van der Waals surface area contributed by atoms with Crippen LogP contribution in [-0.2, 0) is 0 Å². The Labute approximate surface area is 171 Å². The van der Waals surface area contributed by atoms with Gasteiger partial charge in [-0.15, -0.1) is 11.3 Å². The van der Waals surface area contributed by atoms with Crippen molar-refractivity contribution in [3.05, 3.63) is 59.0 Å². The van der Waals surface area contributed by atoms with Gasteiger partial charge in [0.05, 0.1) is 0 Å². The molecule has 1 saturated heterocycles. The Balaban J connectivity index is 1.46. The van der Waals surface area contributed by atoms with Gasteiger partial charge >= 0.3 is 0 Å². The van der Waals surface area contributed by atoms with Gasteiger partial charge in [-0.3, -0.25) is 4.79 Å². The molecule has 8 heteroatoms. The van der Waals surface area contributed by atoms with Gasteiger partial charge in [-0.25, -0.2) is 14.4 Å². The minimum Gasteiger partial charge on any atom is -0.355 e. The highest BCUT2D eigenvalue weighted by atomic mass is 32.2. The zero-order chi connectivity index (χ0) is 19.5. The molecule has 0 radical (unpaired) electrons. The number of amides is 1. The fraction of sp³-hybridized carbons (Fsp3) is 0.250. The highest BCUT2D eigenvalue weighted by Crippen LogP contribution is 2.26. The number of carbonyl (C=O) groups excluding carboxylic acids is 1. The van der Waals surface area contributed by atoms with Crippen LogP contribution in [0.3, 0.4) is 0 Å². The van der Waals surface area contributed by atoms with E-state index in [1.807, 2.05) is 23.9 Å². The molecule has 0 saturated carbocycles. The largest absolute Gasteiger partial charge is 0.355 e. The monoisotopic (exact) mass is 414 g/mol. The Morgan fingerprint density at radius 1 is 1.21 bits per heavy atom. The van der Waals surface area contributed by atoms with Crippen LogP contribution in [0, 0.1) is 12.7 Å². The summed E-state index contributed by atoms with van der Waals surface area (Å²) in [5.41, 5.74) is 2.13. The van der Waals surface area contributed by atoms with Crippen molar-refractivity contribution in [1.29, 1.82) is 0 Å². The summed E-state index contributed by atoms with van der Waals surface area (Å²) in [6.45, 7) is 3.70. The second-order valence-electron chi connectivity index (χ2n) is 6.46. The normalized spacial score (nSPS) is 14.1. The molecule has 0 unspecified atom stereocenters. The first-order valence-electron chi connectivity index (χ1n) is 8.92. The molecule has 1 aliphatic heterocycles. The van der Waals surface area contributed by atoms with Gasteiger partial charge in [0.25, 0.3) is 5.91 Å². The molecule has 3 aromatic rings. The van der Waals surface area contributed by atoms with Crippen LogP contribution in [0.1, 0.15) is 16.1 Å². The molecule has 0 aliphatic carbocycles. The molecular weight excluding hydrogens is 395 g/mol. The summed E-state index contributed by atoms with van der Waals surface area (Å²) in [6, 6.07) is 8.60. The number of nitrogens with one attached hydrogen (secondary N) is 1. The van der Waals surface area contributed by atoms with Crippen LogP contribution < -0.4 is 10.2 Å². The van der Waals surface area contributed by atoms with Crippen molar-refractivity contribution in [3.63, 3.8) is 0 Å². The molecule has 5 nitrogen and oxygen atoms in total. The Bertz CT molecular complexity index is 984. The van der Waals surface area contributed by atoms with Gasteiger partial charge in [-0.05, 0) is 36.8 Å². The third-order valence-corrected chi connectivity index (χ3v) is 6.33. The minimum atomic E-state index is -0.360. The fourth-order valence-corrected chi connectivity index (χ4v) is 4.56. The van der Waals surface area contributed by atoms with Crippen LogP contribution in [0.15, 0.2) is 41.9 Å². The summed E-state index contributed by atoms with van der Waals surface area (Å²) >= 11 is 3.35. The Morgan fingerprint density at radius 3 is 2.75 bits per heavy atom. The van der Waals surface area contributed by atoms with E-state index in [2.05, 4.69) is 20.2 Å². The first-order valence-corrected chi connectivity index (χ1v) is 11.0. The lowest BCUT2D eigenvalue weighted by Gasteiger charge is -2.27. The fourth-order valence-electron chi connectivity index (χ4n) is 2.87. The maximum absolute atomic E-state index is 13.6. The van der Waals surface area contributed by atoms with Crippen LogP contribution in [-0.4, -0.2) is 40.5 Å². The topological polar surface area (TPSA) is 58.1 Å². The molecule has 4 rings (SSSR count). The summed E-state index contributed by atoms with van der Waals surface area (Å²) in [6.07, 6.45) is 1.80. The van der Waals surface area contributed by atoms with Gasteiger partial charge in [0.15, 0.2) is 0 Å². The molecule has 28 heavy (non-hydrogen) atoms. The van der Waals surface area contributed by atoms with Crippen molar-refractivity contribution in [3.8, 4) is 10.6 Å². The van der Waals surface area contributed by atoms with E-state index in [-0.39, 0.29) is 11.7 Å². The lowest BCUT2D eigenvalue weighted by Crippen LogP contribution is -2.32. The first-order chi connectivity index (χ1) is 13.6. The second-order valence-corrected chi connectivity index (χ2v) is 8.54. The third-order valence-electron chi connectivity index (χ3n) is 4.50. The highest BCUT2D eigenvalue weighted by molar-refractivity contribution is 7.99. The smallest absolute Gasteiger partial charge is 0.275 e. The van der Waals surface area contributed by atoms with Crippen LogP contribution in [0.25, 0.3) is 10.6 Å². The maximum atomic E-state index is 13.6. The average molecular weight is 415 g/mol. The van der Waals surface area contributed by atoms with Crippen molar-refractivity contribution >= 4 is 40.5 Å². The van der Waals surface area contributed by atoms with Gasteiger partial charge in [-0.1, -0.05) is 6.07 Å². The van der Waals surface area contributed by atoms with Gasteiger partial charge in [-0.2, -0.15) is 11.8 Å². The molecule has 1 amide bonds. The number of thioether (sulfide) groups is 1. The summed E-state index contributed by atoms with van der Waals surface area (Å²) in [7, 11) is 0. The van der Waals surface area contributed by atoms with Crippen molar-refractivity contribution in [1.82, 2.24) is 9.97 Å². The SMILES string of the molecule is Cc1ccc(NC(=O)c2csc(-c3ccc(N4CCSCC4)nc3)n2)cc1F. The molecule has 1 aromatic carbocycles. The summed E-state index contributed by atoms with van der Waals surface area (Å²) in [5.74, 6) is 2.51. The van der Waals surface area contributed by atoms with Crippen LogP contribution in [0.4, 0.5) is 15.9 Å². The number of hydrogen-bond acceptors (Lipinski definition) is 6. The number of rotatable bonds is 4. The predicted molar refractivity (Wildman–Crippen MR) is 114 cm³/mol. The highest BCUT2D eigenvalue weighted by Gasteiger charge is 2.15. The number of anilines is 2. The zero-order valence-corrected chi connectivity index (χ0v) is 16.9. The zero-order valence-electron chi connectivity index (χ0n) is 15.3. The summed E-state index contributed by atoms with van der Waals surface area (Å²) < 4.78 is 13.6. The number of aryl methyl sites for hydroxylation is 1. The standard InChI is InChI=1S/C20H19FN4OS2/c1-13-2-4-15(10-16(13)21)23-19(26)17-12-28-20(24-17)14-3-5-18(22-11-14)25-6-8-27-9-7-25/h2-5,10-12H,6-9H2,1H3,(H,23,26). The van der Waals surface area contributed by atoms with Gasteiger partial charge in [0.1, 0.15) is 22.3 Å². The van der Waals surface area contributed by atoms with E-state index in [1.165, 1.54) is 17.4 Å². The molecule has 1 N–H and O–H groups in total. The van der Waals surface area contributed by atoms with Crippen LogP contribution in [0.2, 0.25) is 0 Å². The molecule has 0 spiro atoms. The maximum Gasteiger partial charge on any atom is 0.275 e. The van der Waals surface area contributed by atoms with E-state index >= 15 is 0 Å². The Hall–Kier alpha value is -2.45. The summed E-state index contributed by atoms with van der Waals surface area (Å²) in [5, 5.41) is 5.11. The van der Waals surface area contributed by atoms with Crippen molar-refractivity contribution in [2.24, 2.45) is 0 Å². The first kappa shape index (κ1) is 18.9.